The van der Waals surface area contributed by atoms with Gasteiger partial charge >= 0.3 is 0 Å². The van der Waals surface area contributed by atoms with Crippen LogP contribution in [0.5, 0.6) is 5.75 Å². The molecule has 0 saturated carbocycles. The Balaban J connectivity index is 1.48. The van der Waals surface area contributed by atoms with Gasteiger partial charge in [0.15, 0.2) is 23.2 Å². The van der Waals surface area contributed by atoms with E-state index in [9.17, 15) is 13.2 Å². The number of hydrogen-bond donors (Lipinski definition) is 0. The topological polar surface area (TPSA) is 9.23 Å². The lowest BCUT2D eigenvalue weighted by Gasteiger charge is -2.11. The van der Waals surface area contributed by atoms with Gasteiger partial charge in [0, 0.05) is 11.1 Å². The zero-order valence-corrected chi connectivity index (χ0v) is 19.8. The minimum Gasteiger partial charge on any atom is -0.491 e. The van der Waals surface area contributed by atoms with E-state index < -0.39 is 11.6 Å². The molecule has 0 aliphatic rings. The molecule has 35 heavy (non-hydrogen) atoms. The van der Waals surface area contributed by atoms with E-state index in [0.29, 0.717) is 30.6 Å². The summed E-state index contributed by atoms with van der Waals surface area (Å²) < 4.78 is 49.3. The second-order valence-corrected chi connectivity index (χ2v) is 8.31. The molecule has 0 N–H and O–H groups in total. The number of rotatable bonds is 8. The second kappa shape index (κ2) is 11.1. The maximum Gasteiger partial charge on any atom is 0.167 e. The van der Waals surface area contributed by atoms with E-state index in [4.69, 9.17) is 4.74 Å². The van der Waals surface area contributed by atoms with Gasteiger partial charge in [-0.15, -0.1) is 0 Å². The number of benzene rings is 4. The largest absolute Gasteiger partial charge is 0.491 e. The Bertz CT molecular complexity index is 1320. The van der Waals surface area contributed by atoms with Crippen LogP contribution in [0.2, 0.25) is 0 Å². The van der Waals surface area contributed by atoms with Crippen molar-refractivity contribution in [2.24, 2.45) is 0 Å². The van der Waals surface area contributed by atoms with Crippen LogP contribution < -0.4 is 4.74 Å². The average Bonchev–Trinajstić information content (AvgIpc) is 2.87. The van der Waals surface area contributed by atoms with Crippen molar-refractivity contribution < 1.29 is 17.9 Å². The van der Waals surface area contributed by atoms with Crippen LogP contribution >= 0.6 is 0 Å². The van der Waals surface area contributed by atoms with Crippen LogP contribution in [-0.2, 0) is 12.8 Å². The van der Waals surface area contributed by atoms with Crippen molar-refractivity contribution in [1.29, 1.82) is 0 Å². The fraction of sp³-hybridized carbons (Fsp3) is 0.161. The predicted molar refractivity (Wildman–Crippen MR) is 137 cm³/mol. The third kappa shape index (κ3) is 5.65. The van der Waals surface area contributed by atoms with Crippen LogP contribution in [0.1, 0.15) is 30.5 Å². The van der Waals surface area contributed by atoms with Crippen molar-refractivity contribution in [3.8, 4) is 28.0 Å². The van der Waals surface area contributed by atoms with Crippen LogP contribution in [-0.4, -0.2) is 6.61 Å². The smallest absolute Gasteiger partial charge is 0.167 e. The quantitative estimate of drug-likeness (QED) is 0.249. The van der Waals surface area contributed by atoms with E-state index in [1.165, 1.54) is 6.07 Å². The highest BCUT2D eigenvalue weighted by molar-refractivity contribution is 5.72. The van der Waals surface area contributed by atoms with Crippen molar-refractivity contribution in [2.75, 3.05) is 6.61 Å². The Morgan fingerprint density at radius 3 is 1.77 bits per heavy atom. The lowest BCUT2D eigenvalue weighted by Crippen LogP contribution is -1.97. The van der Waals surface area contributed by atoms with Crippen LogP contribution in [0.25, 0.3) is 28.3 Å². The molecule has 0 unspecified atom stereocenters. The highest BCUT2D eigenvalue weighted by atomic mass is 19.2. The van der Waals surface area contributed by atoms with Gasteiger partial charge in [-0.3, -0.25) is 0 Å². The summed E-state index contributed by atoms with van der Waals surface area (Å²) >= 11 is 0. The molecule has 178 valence electrons. The Kier molecular flexibility index (Phi) is 7.71. The maximum atomic E-state index is 15.0. The van der Waals surface area contributed by atoms with E-state index in [1.807, 2.05) is 56.3 Å². The van der Waals surface area contributed by atoms with Gasteiger partial charge in [-0.05, 0) is 66.6 Å². The molecule has 0 saturated heterocycles. The molecule has 0 bridgehead atoms. The summed E-state index contributed by atoms with van der Waals surface area (Å²) in [5.41, 5.74) is 4.59. The van der Waals surface area contributed by atoms with Gasteiger partial charge in [-0.2, -0.15) is 0 Å². The third-order valence-corrected chi connectivity index (χ3v) is 5.93. The van der Waals surface area contributed by atoms with Crippen molar-refractivity contribution >= 4 is 6.08 Å². The minimum absolute atomic E-state index is 0.219. The van der Waals surface area contributed by atoms with Gasteiger partial charge < -0.3 is 4.74 Å². The molecule has 4 heteroatoms. The molecule has 0 aromatic heterocycles. The van der Waals surface area contributed by atoms with E-state index >= 15 is 0 Å². The monoisotopic (exact) mass is 472 g/mol. The highest BCUT2D eigenvalue weighted by Gasteiger charge is 2.16. The van der Waals surface area contributed by atoms with Gasteiger partial charge in [-0.1, -0.05) is 78.9 Å². The van der Waals surface area contributed by atoms with Crippen molar-refractivity contribution in [1.82, 2.24) is 0 Å². The predicted octanol–water partition coefficient (Wildman–Crippen LogP) is 8.65. The zero-order valence-electron chi connectivity index (χ0n) is 19.8. The zero-order chi connectivity index (χ0) is 24.8. The second-order valence-electron chi connectivity index (χ2n) is 8.31. The highest BCUT2D eigenvalue weighted by Crippen LogP contribution is 2.32. The third-order valence-electron chi connectivity index (χ3n) is 5.93. The fourth-order valence-corrected chi connectivity index (χ4v) is 4.07. The number of halogens is 3. The lowest BCUT2D eigenvalue weighted by molar-refractivity contribution is 0.321. The molecule has 0 amide bonds. The summed E-state index contributed by atoms with van der Waals surface area (Å²) in [4.78, 5) is 0. The Hall–Kier alpha value is -3.79. The van der Waals surface area contributed by atoms with Gasteiger partial charge in [0.2, 0.25) is 0 Å². The summed E-state index contributed by atoms with van der Waals surface area (Å²) in [6.45, 7) is 4.16. The Labute approximate surface area is 204 Å². The first-order valence-corrected chi connectivity index (χ1v) is 11.7. The fourth-order valence-electron chi connectivity index (χ4n) is 4.07. The normalized spacial score (nSPS) is 11.2. The molecule has 0 spiro atoms. The molecule has 0 radical (unpaired) electrons. The van der Waals surface area contributed by atoms with Crippen LogP contribution in [0.15, 0.2) is 84.9 Å². The summed E-state index contributed by atoms with van der Waals surface area (Å²) in [5, 5.41) is 0. The van der Waals surface area contributed by atoms with Gasteiger partial charge in [-0.25, -0.2) is 13.2 Å². The number of aryl methyl sites for hydroxylation is 2. The first-order valence-electron chi connectivity index (χ1n) is 11.7. The van der Waals surface area contributed by atoms with Crippen molar-refractivity contribution in [3.05, 3.63) is 119 Å². The minimum atomic E-state index is -0.863. The van der Waals surface area contributed by atoms with Crippen molar-refractivity contribution in [2.45, 2.75) is 26.7 Å². The van der Waals surface area contributed by atoms with E-state index in [0.717, 1.165) is 16.7 Å². The molecule has 0 aliphatic carbocycles. The summed E-state index contributed by atoms with van der Waals surface area (Å²) in [5.74, 6) is -1.83. The molecular weight excluding hydrogens is 445 g/mol. The van der Waals surface area contributed by atoms with E-state index in [-0.39, 0.29) is 22.7 Å². The molecule has 0 heterocycles. The SMILES string of the molecule is CC=Cc1ccc(-c2ccc(-c3ccc(CCc4ccc(OCC)c(F)c4)cc3)c(F)c2F)cc1. The van der Waals surface area contributed by atoms with Crippen LogP contribution in [0.4, 0.5) is 13.2 Å². The van der Waals surface area contributed by atoms with E-state index in [2.05, 4.69) is 0 Å². The summed E-state index contributed by atoms with van der Waals surface area (Å²) in [6, 6.07) is 22.9. The summed E-state index contributed by atoms with van der Waals surface area (Å²) in [7, 11) is 0. The molecule has 0 atom stereocenters. The van der Waals surface area contributed by atoms with E-state index in [1.54, 1.807) is 42.5 Å². The maximum absolute atomic E-state index is 15.0. The Morgan fingerprint density at radius 1 is 0.686 bits per heavy atom. The average molecular weight is 473 g/mol. The van der Waals surface area contributed by atoms with Gasteiger partial charge in [0.05, 0.1) is 6.61 Å². The molecule has 0 aliphatic heterocycles. The lowest BCUT2D eigenvalue weighted by atomic mass is 9.96. The first-order chi connectivity index (χ1) is 17.0. The standard InChI is InChI=1S/C31H27F3O/c1-3-5-21-8-13-24(14-9-21)26-17-18-27(31(34)30(26)33)25-15-10-22(11-16-25)6-7-23-12-19-29(35-4-2)28(32)20-23/h3,5,8-20H,4,6-7H2,1-2H3. The van der Waals surface area contributed by atoms with Gasteiger partial charge in [0.25, 0.3) is 0 Å². The number of hydrogen-bond acceptors (Lipinski definition) is 1. The molecule has 1 nitrogen and oxygen atoms in total. The molecule has 4 aromatic rings. The van der Waals surface area contributed by atoms with Gasteiger partial charge in [0.1, 0.15) is 0 Å². The number of allylic oxidation sites excluding steroid dienone is 1. The summed E-state index contributed by atoms with van der Waals surface area (Å²) in [6.07, 6.45) is 5.24. The number of ether oxygens (including phenoxy) is 1. The first kappa shape index (κ1) is 24.3. The van der Waals surface area contributed by atoms with Crippen molar-refractivity contribution in [3.63, 3.8) is 0 Å². The van der Waals surface area contributed by atoms with Crippen LogP contribution in [0.3, 0.4) is 0 Å². The molecular formula is C31H27F3O. The Morgan fingerprint density at radius 2 is 1.23 bits per heavy atom. The molecule has 4 aromatic carbocycles. The molecule has 4 rings (SSSR count). The van der Waals surface area contributed by atoms with Crippen LogP contribution in [0, 0.1) is 17.5 Å². The molecule has 0 fully saturated rings.